The third-order valence-corrected chi connectivity index (χ3v) is 4.54. The summed E-state index contributed by atoms with van der Waals surface area (Å²) in [6.45, 7) is 7.76. The van der Waals surface area contributed by atoms with E-state index in [0.717, 1.165) is 19.0 Å². The van der Waals surface area contributed by atoms with E-state index in [-0.39, 0.29) is 0 Å². The summed E-state index contributed by atoms with van der Waals surface area (Å²) in [6.07, 6.45) is 7.91. The molecular formula is C15H30N2O. The van der Waals surface area contributed by atoms with Crippen LogP contribution in [0.2, 0.25) is 0 Å². The van der Waals surface area contributed by atoms with E-state index in [1.165, 1.54) is 38.6 Å². The topological polar surface area (TPSA) is 24.5 Å². The lowest BCUT2D eigenvalue weighted by atomic mass is 9.83. The molecule has 1 saturated carbocycles. The van der Waals surface area contributed by atoms with Gasteiger partial charge in [-0.05, 0) is 39.7 Å². The first kappa shape index (κ1) is 14.3. The number of morpholine rings is 1. The molecule has 106 valence electrons. The van der Waals surface area contributed by atoms with Crippen molar-refractivity contribution in [1.82, 2.24) is 10.2 Å². The zero-order chi connectivity index (χ0) is 13.0. The van der Waals surface area contributed by atoms with Crippen molar-refractivity contribution in [3.05, 3.63) is 0 Å². The van der Waals surface area contributed by atoms with Gasteiger partial charge in [0.2, 0.25) is 0 Å². The molecule has 1 saturated heterocycles. The van der Waals surface area contributed by atoms with Gasteiger partial charge in [0.1, 0.15) is 0 Å². The lowest BCUT2D eigenvalue weighted by Crippen LogP contribution is -2.52. The van der Waals surface area contributed by atoms with Gasteiger partial charge >= 0.3 is 0 Å². The molecule has 1 N–H and O–H groups in total. The molecule has 0 aromatic heterocycles. The summed E-state index contributed by atoms with van der Waals surface area (Å²) in [5.74, 6) is 0.886. The minimum atomic E-state index is 0.387. The number of ether oxygens (including phenoxy) is 1. The molecule has 0 amide bonds. The molecule has 18 heavy (non-hydrogen) atoms. The molecule has 1 aliphatic heterocycles. The summed E-state index contributed by atoms with van der Waals surface area (Å²) in [6, 6.07) is 0.669. The van der Waals surface area contributed by atoms with Crippen LogP contribution in [0.3, 0.4) is 0 Å². The van der Waals surface area contributed by atoms with Crippen LogP contribution in [0.5, 0.6) is 0 Å². The Hall–Kier alpha value is -0.120. The highest BCUT2D eigenvalue weighted by Crippen LogP contribution is 2.27. The zero-order valence-electron chi connectivity index (χ0n) is 12.3. The van der Waals surface area contributed by atoms with E-state index < -0.39 is 0 Å². The number of nitrogens with zero attached hydrogens (tertiary/aromatic N) is 1. The van der Waals surface area contributed by atoms with Crippen LogP contribution in [-0.2, 0) is 4.74 Å². The fourth-order valence-corrected chi connectivity index (χ4v) is 3.72. The smallest absolute Gasteiger partial charge is 0.0678 e. The van der Waals surface area contributed by atoms with Crippen LogP contribution in [0, 0.1) is 5.92 Å². The van der Waals surface area contributed by atoms with E-state index in [0.29, 0.717) is 18.2 Å². The molecule has 3 unspecified atom stereocenters. The van der Waals surface area contributed by atoms with E-state index in [2.05, 4.69) is 31.1 Å². The molecular weight excluding hydrogens is 224 g/mol. The van der Waals surface area contributed by atoms with Gasteiger partial charge in [-0.1, -0.05) is 19.3 Å². The van der Waals surface area contributed by atoms with Gasteiger partial charge < -0.3 is 10.1 Å². The number of likely N-dealkylation sites (N-methyl/N-ethyl adjacent to an activating group) is 1. The molecule has 0 aromatic rings. The zero-order valence-corrected chi connectivity index (χ0v) is 12.3. The maximum Gasteiger partial charge on any atom is 0.0678 e. The lowest BCUT2D eigenvalue weighted by Gasteiger charge is -2.39. The second-order valence-corrected chi connectivity index (χ2v) is 6.27. The minimum Gasteiger partial charge on any atom is -0.373 e. The predicted molar refractivity (Wildman–Crippen MR) is 75.9 cm³/mol. The highest BCUT2D eigenvalue weighted by molar-refractivity contribution is 4.83. The summed E-state index contributed by atoms with van der Waals surface area (Å²) in [4.78, 5) is 2.59. The highest BCUT2D eigenvalue weighted by Gasteiger charge is 2.28. The third-order valence-electron chi connectivity index (χ3n) is 4.54. The van der Waals surface area contributed by atoms with Gasteiger partial charge in [-0.15, -0.1) is 0 Å². The Labute approximate surface area is 112 Å². The molecule has 1 heterocycles. The number of hydrogen-bond donors (Lipinski definition) is 1. The minimum absolute atomic E-state index is 0.387. The average Bonchev–Trinajstić information content (AvgIpc) is 2.36. The molecule has 3 nitrogen and oxygen atoms in total. The quantitative estimate of drug-likeness (QED) is 0.833. The van der Waals surface area contributed by atoms with Crippen LogP contribution < -0.4 is 5.32 Å². The van der Waals surface area contributed by atoms with Gasteiger partial charge in [-0.3, -0.25) is 4.90 Å². The van der Waals surface area contributed by atoms with Crippen LogP contribution in [0.25, 0.3) is 0 Å². The summed E-state index contributed by atoms with van der Waals surface area (Å²) >= 11 is 0. The van der Waals surface area contributed by atoms with Crippen molar-refractivity contribution < 1.29 is 4.74 Å². The van der Waals surface area contributed by atoms with E-state index in [1.807, 2.05) is 0 Å². The molecule has 3 heteroatoms. The number of hydrogen-bond acceptors (Lipinski definition) is 3. The van der Waals surface area contributed by atoms with E-state index in [1.54, 1.807) is 0 Å². The number of nitrogens with one attached hydrogen (secondary N) is 1. The standard InChI is InChI=1S/C15H30N2O/c1-12-9-17(10-13(2)18-12)11-15(16-3)14-7-5-4-6-8-14/h12-16H,4-11H2,1-3H3. The molecule has 2 rings (SSSR count). The van der Waals surface area contributed by atoms with Crippen molar-refractivity contribution in [2.45, 2.75) is 64.2 Å². The molecule has 3 atom stereocenters. The number of rotatable bonds is 4. The van der Waals surface area contributed by atoms with E-state index in [4.69, 9.17) is 4.74 Å². The Balaban J connectivity index is 1.84. The van der Waals surface area contributed by atoms with Gasteiger partial charge in [-0.2, -0.15) is 0 Å². The molecule has 0 radical (unpaired) electrons. The fourth-order valence-electron chi connectivity index (χ4n) is 3.72. The van der Waals surface area contributed by atoms with Crippen molar-refractivity contribution in [2.75, 3.05) is 26.7 Å². The van der Waals surface area contributed by atoms with Crippen molar-refractivity contribution in [3.63, 3.8) is 0 Å². The van der Waals surface area contributed by atoms with Crippen molar-refractivity contribution >= 4 is 0 Å². The Kier molecular flexibility index (Phi) is 5.46. The monoisotopic (exact) mass is 254 g/mol. The van der Waals surface area contributed by atoms with Gasteiger partial charge in [-0.25, -0.2) is 0 Å². The Morgan fingerprint density at radius 2 is 1.72 bits per heavy atom. The van der Waals surface area contributed by atoms with Crippen molar-refractivity contribution in [2.24, 2.45) is 5.92 Å². The second-order valence-electron chi connectivity index (χ2n) is 6.27. The largest absolute Gasteiger partial charge is 0.373 e. The van der Waals surface area contributed by atoms with Crippen LogP contribution >= 0.6 is 0 Å². The summed E-state index contributed by atoms with van der Waals surface area (Å²) in [7, 11) is 2.13. The third kappa shape index (κ3) is 3.94. The van der Waals surface area contributed by atoms with E-state index >= 15 is 0 Å². The normalized spacial score (nSPS) is 33.5. The Morgan fingerprint density at radius 3 is 2.28 bits per heavy atom. The molecule has 2 aliphatic rings. The van der Waals surface area contributed by atoms with Gasteiger partial charge in [0.25, 0.3) is 0 Å². The lowest BCUT2D eigenvalue weighted by molar-refractivity contribution is -0.0714. The fraction of sp³-hybridized carbons (Fsp3) is 1.00. The average molecular weight is 254 g/mol. The maximum atomic E-state index is 5.81. The predicted octanol–water partition coefficient (Wildman–Crippen LogP) is 2.26. The molecule has 0 bridgehead atoms. The first-order chi connectivity index (χ1) is 8.69. The molecule has 2 fully saturated rings. The maximum absolute atomic E-state index is 5.81. The summed E-state index contributed by atoms with van der Waals surface area (Å²) in [5.41, 5.74) is 0. The van der Waals surface area contributed by atoms with E-state index in [9.17, 15) is 0 Å². The van der Waals surface area contributed by atoms with Crippen LogP contribution in [0.15, 0.2) is 0 Å². The van der Waals surface area contributed by atoms with Gasteiger partial charge in [0.05, 0.1) is 12.2 Å². The van der Waals surface area contributed by atoms with Crippen LogP contribution in [0.4, 0.5) is 0 Å². The second kappa shape index (κ2) is 6.88. The Bertz CT molecular complexity index is 231. The van der Waals surface area contributed by atoms with Crippen molar-refractivity contribution in [3.8, 4) is 0 Å². The first-order valence-corrected chi connectivity index (χ1v) is 7.74. The molecule has 0 aromatic carbocycles. The van der Waals surface area contributed by atoms with Gasteiger partial charge in [0, 0.05) is 25.7 Å². The SMILES string of the molecule is CNC(CN1CC(C)OC(C)C1)C1CCCCC1. The first-order valence-electron chi connectivity index (χ1n) is 7.74. The molecule has 1 aliphatic carbocycles. The van der Waals surface area contributed by atoms with Crippen molar-refractivity contribution in [1.29, 1.82) is 0 Å². The van der Waals surface area contributed by atoms with Crippen LogP contribution in [0.1, 0.15) is 46.0 Å². The summed E-state index contributed by atoms with van der Waals surface area (Å²) < 4.78 is 5.81. The highest BCUT2D eigenvalue weighted by atomic mass is 16.5. The van der Waals surface area contributed by atoms with Gasteiger partial charge in [0.15, 0.2) is 0 Å². The Morgan fingerprint density at radius 1 is 1.11 bits per heavy atom. The van der Waals surface area contributed by atoms with Crippen LogP contribution in [-0.4, -0.2) is 49.8 Å². The molecule has 0 spiro atoms. The summed E-state index contributed by atoms with van der Waals surface area (Å²) in [5, 5.41) is 3.57.